The number of ether oxygens (including phenoxy) is 1. The van der Waals surface area contributed by atoms with E-state index in [1.165, 1.54) is 4.90 Å². The van der Waals surface area contributed by atoms with Crippen LogP contribution in [0.1, 0.15) is 67.2 Å². The molecule has 1 rings (SSSR count). The lowest BCUT2D eigenvalue weighted by Gasteiger charge is -2.46. The maximum Gasteiger partial charge on any atom is 0.411 e. The zero-order valence-electron chi connectivity index (χ0n) is 14.2. The number of hydrogen-bond acceptors (Lipinski definition) is 3. The third-order valence-corrected chi connectivity index (χ3v) is 4.28. The molecule has 1 N–H and O–H groups in total. The summed E-state index contributed by atoms with van der Waals surface area (Å²) in [6.45, 7) is 11.8. The van der Waals surface area contributed by atoms with Crippen LogP contribution in [-0.2, 0) is 9.53 Å². The van der Waals surface area contributed by atoms with E-state index in [-0.39, 0.29) is 5.41 Å². The molecule has 0 aromatic heterocycles. The molecule has 0 unspecified atom stereocenters. The number of nitrogens with zero attached hydrogens (tertiary/aromatic N) is 1. The summed E-state index contributed by atoms with van der Waals surface area (Å²) in [4.78, 5) is 25.7. The van der Waals surface area contributed by atoms with Crippen molar-refractivity contribution >= 4 is 12.1 Å². The SMILES string of the molecule is CCN(C(=O)OC(C)(C)C)C1(C(=O)O)CCC(C)(C)CC1. The molecule has 0 heterocycles. The van der Waals surface area contributed by atoms with Crippen LogP contribution in [0.15, 0.2) is 0 Å². The van der Waals surface area contributed by atoms with E-state index in [0.29, 0.717) is 19.4 Å². The summed E-state index contributed by atoms with van der Waals surface area (Å²) in [5, 5.41) is 9.76. The highest BCUT2D eigenvalue weighted by Gasteiger charge is 2.50. The van der Waals surface area contributed by atoms with Gasteiger partial charge in [-0.25, -0.2) is 9.59 Å². The van der Waals surface area contributed by atoms with Gasteiger partial charge in [-0.05, 0) is 58.8 Å². The van der Waals surface area contributed by atoms with Gasteiger partial charge in [-0.2, -0.15) is 0 Å². The quantitative estimate of drug-likeness (QED) is 0.863. The molecule has 0 spiro atoms. The van der Waals surface area contributed by atoms with Crippen LogP contribution in [0.25, 0.3) is 0 Å². The first-order valence-corrected chi connectivity index (χ1v) is 7.67. The van der Waals surface area contributed by atoms with E-state index in [4.69, 9.17) is 4.74 Å². The van der Waals surface area contributed by atoms with Crippen LogP contribution in [0.5, 0.6) is 0 Å². The molecule has 21 heavy (non-hydrogen) atoms. The molecule has 0 aromatic rings. The van der Waals surface area contributed by atoms with Gasteiger partial charge in [0.2, 0.25) is 0 Å². The number of likely N-dealkylation sites (N-methyl/N-ethyl adjacent to an activating group) is 1. The van der Waals surface area contributed by atoms with Gasteiger partial charge >= 0.3 is 12.1 Å². The molecule has 1 saturated carbocycles. The smallest absolute Gasteiger partial charge is 0.411 e. The van der Waals surface area contributed by atoms with E-state index >= 15 is 0 Å². The summed E-state index contributed by atoms with van der Waals surface area (Å²) in [6, 6.07) is 0. The second kappa shape index (κ2) is 5.85. The number of hydrogen-bond donors (Lipinski definition) is 1. The maximum atomic E-state index is 12.4. The second-order valence-corrected chi connectivity index (χ2v) is 7.73. The highest BCUT2D eigenvalue weighted by molar-refractivity contribution is 5.84. The number of carbonyl (C=O) groups is 2. The maximum absolute atomic E-state index is 12.4. The highest BCUT2D eigenvalue weighted by atomic mass is 16.6. The van der Waals surface area contributed by atoms with Crippen LogP contribution in [0, 0.1) is 5.41 Å². The fourth-order valence-electron chi connectivity index (χ4n) is 2.86. The molecule has 5 heteroatoms. The van der Waals surface area contributed by atoms with E-state index in [2.05, 4.69) is 13.8 Å². The molecular weight excluding hydrogens is 270 g/mol. The van der Waals surface area contributed by atoms with E-state index in [1.807, 2.05) is 0 Å². The Kier molecular flexibility index (Phi) is 4.96. The van der Waals surface area contributed by atoms with Crippen molar-refractivity contribution in [1.29, 1.82) is 0 Å². The summed E-state index contributed by atoms with van der Waals surface area (Å²) in [5.41, 5.74) is -1.63. The number of rotatable bonds is 3. The third-order valence-electron chi connectivity index (χ3n) is 4.28. The molecule has 5 nitrogen and oxygen atoms in total. The molecule has 1 aliphatic rings. The van der Waals surface area contributed by atoms with Crippen LogP contribution in [-0.4, -0.2) is 39.8 Å². The summed E-state index contributed by atoms with van der Waals surface area (Å²) < 4.78 is 5.39. The number of aliphatic carboxylic acids is 1. The van der Waals surface area contributed by atoms with Gasteiger partial charge in [0.25, 0.3) is 0 Å². The van der Waals surface area contributed by atoms with Crippen molar-refractivity contribution in [2.24, 2.45) is 5.41 Å². The Morgan fingerprint density at radius 3 is 1.95 bits per heavy atom. The molecule has 1 amide bonds. The number of carbonyl (C=O) groups excluding carboxylic acids is 1. The van der Waals surface area contributed by atoms with E-state index in [0.717, 1.165) is 12.8 Å². The lowest BCUT2D eigenvalue weighted by Crippen LogP contribution is -2.60. The minimum absolute atomic E-state index is 0.131. The van der Waals surface area contributed by atoms with Gasteiger partial charge in [0, 0.05) is 6.54 Å². The first kappa shape index (κ1) is 17.8. The third kappa shape index (κ3) is 4.11. The Labute approximate surface area is 127 Å². The monoisotopic (exact) mass is 299 g/mol. The Morgan fingerprint density at radius 2 is 1.62 bits per heavy atom. The van der Waals surface area contributed by atoms with Gasteiger partial charge in [-0.3, -0.25) is 4.90 Å². The van der Waals surface area contributed by atoms with Crippen molar-refractivity contribution in [3.8, 4) is 0 Å². The fourth-order valence-corrected chi connectivity index (χ4v) is 2.86. The predicted octanol–water partition coefficient (Wildman–Crippen LogP) is 3.67. The molecule has 122 valence electrons. The Morgan fingerprint density at radius 1 is 1.14 bits per heavy atom. The van der Waals surface area contributed by atoms with Gasteiger partial charge in [0.15, 0.2) is 0 Å². The molecule has 0 saturated heterocycles. The first-order chi connectivity index (χ1) is 9.43. The summed E-state index contributed by atoms with van der Waals surface area (Å²) in [7, 11) is 0. The Hall–Kier alpha value is -1.26. The summed E-state index contributed by atoms with van der Waals surface area (Å²) in [5.74, 6) is -0.925. The highest BCUT2D eigenvalue weighted by Crippen LogP contribution is 2.43. The largest absolute Gasteiger partial charge is 0.479 e. The minimum Gasteiger partial charge on any atom is -0.479 e. The average Bonchev–Trinajstić information content (AvgIpc) is 2.29. The van der Waals surface area contributed by atoms with E-state index < -0.39 is 23.2 Å². The lowest BCUT2D eigenvalue weighted by molar-refractivity contribution is -0.155. The zero-order chi connectivity index (χ0) is 16.5. The van der Waals surface area contributed by atoms with Crippen LogP contribution < -0.4 is 0 Å². The lowest BCUT2D eigenvalue weighted by atomic mass is 9.68. The van der Waals surface area contributed by atoms with Crippen LogP contribution in [0.3, 0.4) is 0 Å². The molecular formula is C16H29NO4. The molecule has 0 aliphatic heterocycles. The molecule has 0 atom stereocenters. The van der Waals surface area contributed by atoms with E-state index in [1.54, 1.807) is 27.7 Å². The number of carboxylic acids is 1. The van der Waals surface area contributed by atoms with Gasteiger partial charge < -0.3 is 9.84 Å². The minimum atomic E-state index is -1.13. The normalized spacial score (nSPS) is 20.7. The fraction of sp³-hybridized carbons (Fsp3) is 0.875. The topological polar surface area (TPSA) is 66.8 Å². The molecule has 0 radical (unpaired) electrons. The second-order valence-electron chi connectivity index (χ2n) is 7.73. The van der Waals surface area contributed by atoms with Gasteiger partial charge in [0.05, 0.1) is 0 Å². The standard InChI is InChI=1S/C16H29NO4/c1-7-17(13(20)21-14(2,3)4)16(12(18)19)10-8-15(5,6)9-11-16/h7-11H2,1-6H3,(H,18,19). The molecule has 1 aliphatic carbocycles. The van der Waals surface area contributed by atoms with Gasteiger partial charge in [0.1, 0.15) is 11.1 Å². The first-order valence-electron chi connectivity index (χ1n) is 7.67. The van der Waals surface area contributed by atoms with E-state index in [9.17, 15) is 14.7 Å². The van der Waals surface area contributed by atoms with Crippen LogP contribution >= 0.6 is 0 Å². The number of carboxylic acid groups (broad SMARTS) is 1. The van der Waals surface area contributed by atoms with Crippen molar-refractivity contribution in [2.45, 2.75) is 78.4 Å². The van der Waals surface area contributed by atoms with Gasteiger partial charge in [-0.1, -0.05) is 13.8 Å². The van der Waals surface area contributed by atoms with Crippen LogP contribution in [0.4, 0.5) is 4.79 Å². The average molecular weight is 299 g/mol. The van der Waals surface area contributed by atoms with Crippen molar-refractivity contribution < 1.29 is 19.4 Å². The number of amides is 1. The summed E-state index contributed by atoms with van der Waals surface area (Å²) in [6.07, 6.45) is 1.99. The van der Waals surface area contributed by atoms with Crippen molar-refractivity contribution in [1.82, 2.24) is 4.90 Å². The zero-order valence-corrected chi connectivity index (χ0v) is 14.2. The van der Waals surface area contributed by atoms with Crippen molar-refractivity contribution in [3.05, 3.63) is 0 Å². The van der Waals surface area contributed by atoms with Crippen LogP contribution in [0.2, 0.25) is 0 Å². The molecule has 0 aromatic carbocycles. The van der Waals surface area contributed by atoms with Gasteiger partial charge in [-0.15, -0.1) is 0 Å². The molecule has 0 bridgehead atoms. The Balaban J connectivity index is 3.03. The van der Waals surface area contributed by atoms with Crippen molar-refractivity contribution in [3.63, 3.8) is 0 Å². The Bertz CT molecular complexity index is 399. The molecule has 1 fully saturated rings. The summed E-state index contributed by atoms with van der Waals surface area (Å²) >= 11 is 0. The predicted molar refractivity (Wildman–Crippen MR) is 81.2 cm³/mol. The van der Waals surface area contributed by atoms with Crippen molar-refractivity contribution in [2.75, 3.05) is 6.54 Å².